The first-order chi connectivity index (χ1) is 9.13. The summed E-state index contributed by atoms with van der Waals surface area (Å²) in [7, 11) is 1.51. The summed E-state index contributed by atoms with van der Waals surface area (Å²) in [6.07, 6.45) is 1.12. The second-order valence-corrected chi connectivity index (χ2v) is 4.64. The maximum Gasteiger partial charge on any atom is 0.165 e. The van der Waals surface area contributed by atoms with Crippen LogP contribution in [0, 0.1) is 0 Å². The number of ether oxygens (including phenoxy) is 1. The summed E-state index contributed by atoms with van der Waals surface area (Å²) >= 11 is 0. The Morgan fingerprint density at radius 2 is 2.11 bits per heavy atom. The maximum absolute atomic E-state index is 10.1. The molecule has 0 spiro atoms. The normalized spacial score (nSPS) is 31.1. The van der Waals surface area contributed by atoms with Gasteiger partial charge in [0.15, 0.2) is 11.5 Å². The van der Waals surface area contributed by atoms with E-state index in [4.69, 9.17) is 10.5 Å². The Hall–Kier alpha value is -1.77. The number of nitrogens with zero attached hydrogens (tertiary/aromatic N) is 4. The van der Waals surface area contributed by atoms with Crippen molar-refractivity contribution in [3.05, 3.63) is 12.7 Å². The topological polar surface area (TPSA) is 119 Å². The van der Waals surface area contributed by atoms with Crippen molar-refractivity contribution in [1.29, 1.82) is 0 Å². The molecule has 0 saturated heterocycles. The van der Waals surface area contributed by atoms with E-state index in [9.17, 15) is 10.2 Å². The molecular formula is C11H15N5O3. The fourth-order valence-electron chi connectivity index (χ4n) is 2.59. The third-order valence-corrected chi connectivity index (χ3v) is 3.65. The van der Waals surface area contributed by atoms with Crippen LogP contribution in [0.15, 0.2) is 12.7 Å². The van der Waals surface area contributed by atoms with Crippen LogP contribution in [0.25, 0.3) is 11.2 Å². The van der Waals surface area contributed by atoms with Gasteiger partial charge < -0.3 is 25.3 Å². The first-order valence-electron chi connectivity index (χ1n) is 5.95. The van der Waals surface area contributed by atoms with Crippen LogP contribution in [0.4, 0.5) is 5.82 Å². The summed E-state index contributed by atoms with van der Waals surface area (Å²) in [5, 5.41) is 20.0. The monoisotopic (exact) mass is 265 g/mol. The van der Waals surface area contributed by atoms with E-state index in [0.29, 0.717) is 23.4 Å². The molecule has 0 bridgehead atoms. The Labute approximate surface area is 108 Å². The molecule has 4 atom stereocenters. The number of fused-ring (bicyclic) bond motifs is 1. The van der Waals surface area contributed by atoms with Crippen LogP contribution >= 0.6 is 0 Å². The molecule has 8 nitrogen and oxygen atoms in total. The van der Waals surface area contributed by atoms with Gasteiger partial charge in [-0.15, -0.1) is 0 Å². The fourth-order valence-corrected chi connectivity index (χ4v) is 2.59. The van der Waals surface area contributed by atoms with Gasteiger partial charge in [-0.25, -0.2) is 15.0 Å². The molecule has 4 N–H and O–H groups in total. The van der Waals surface area contributed by atoms with Crippen molar-refractivity contribution >= 4 is 17.0 Å². The summed E-state index contributed by atoms with van der Waals surface area (Å²) in [5.41, 5.74) is 6.75. The average molecular weight is 265 g/mol. The minimum absolute atomic E-state index is 0.292. The molecule has 1 saturated carbocycles. The summed E-state index contributed by atoms with van der Waals surface area (Å²) in [6, 6.07) is -0.348. The Morgan fingerprint density at radius 3 is 2.79 bits per heavy atom. The Bertz CT molecular complexity index is 601. The molecule has 8 heteroatoms. The van der Waals surface area contributed by atoms with Crippen molar-refractivity contribution in [1.82, 2.24) is 19.5 Å². The minimum Gasteiger partial charge on any atom is -0.388 e. The van der Waals surface area contributed by atoms with E-state index in [2.05, 4.69) is 15.0 Å². The van der Waals surface area contributed by atoms with Crippen molar-refractivity contribution in [2.75, 3.05) is 12.8 Å². The largest absolute Gasteiger partial charge is 0.388 e. The second-order valence-electron chi connectivity index (χ2n) is 4.64. The molecule has 0 aliphatic heterocycles. The number of hydrogen-bond donors (Lipinski definition) is 3. The van der Waals surface area contributed by atoms with E-state index in [1.54, 1.807) is 10.9 Å². The molecule has 2 aromatic heterocycles. The van der Waals surface area contributed by atoms with E-state index in [-0.39, 0.29) is 6.04 Å². The summed E-state index contributed by atoms with van der Waals surface area (Å²) in [4.78, 5) is 12.2. The molecule has 102 valence electrons. The number of rotatable bonds is 2. The fraction of sp³-hybridized carbons (Fsp3) is 0.545. The molecule has 3 rings (SSSR count). The third kappa shape index (κ3) is 1.76. The molecule has 1 fully saturated rings. The van der Waals surface area contributed by atoms with E-state index >= 15 is 0 Å². The van der Waals surface area contributed by atoms with Gasteiger partial charge in [-0.1, -0.05) is 0 Å². The first-order valence-corrected chi connectivity index (χ1v) is 5.95. The number of nitrogens with two attached hydrogens (primary N) is 1. The zero-order valence-corrected chi connectivity index (χ0v) is 10.3. The second kappa shape index (κ2) is 4.41. The van der Waals surface area contributed by atoms with Gasteiger partial charge >= 0.3 is 0 Å². The molecule has 0 amide bonds. The van der Waals surface area contributed by atoms with Crippen molar-refractivity contribution in [3.8, 4) is 0 Å². The van der Waals surface area contributed by atoms with Gasteiger partial charge in [0.05, 0.1) is 18.5 Å². The van der Waals surface area contributed by atoms with Gasteiger partial charge in [0, 0.05) is 7.11 Å². The van der Waals surface area contributed by atoms with Crippen LogP contribution in [-0.4, -0.2) is 55.2 Å². The number of aliphatic hydroxyl groups is 2. The third-order valence-electron chi connectivity index (χ3n) is 3.65. The number of anilines is 1. The molecule has 1 aliphatic rings. The van der Waals surface area contributed by atoms with Gasteiger partial charge in [-0.05, 0) is 6.42 Å². The van der Waals surface area contributed by atoms with Gasteiger partial charge in [0.1, 0.15) is 24.1 Å². The minimum atomic E-state index is -0.932. The molecule has 2 heterocycles. The Kier molecular flexibility index (Phi) is 2.85. The molecule has 2 aromatic rings. The van der Waals surface area contributed by atoms with Crippen LogP contribution in [0.2, 0.25) is 0 Å². The van der Waals surface area contributed by atoms with E-state index < -0.39 is 18.3 Å². The summed E-state index contributed by atoms with van der Waals surface area (Å²) in [5.74, 6) is 0.292. The van der Waals surface area contributed by atoms with Gasteiger partial charge in [-0.2, -0.15) is 0 Å². The molecule has 1 aliphatic carbocycles. The number of nitrogen functional groups attached to an aromatic ring is 1. The van der Waals surface area contributed by atoms with Crippen LogP contribution in [0.3, 0.4) is 0 Å². The standard InChI is InChI=1S/C11H15N5O3/c1-19-6-2-5(8(17)9(6)18)16-4-15-7-10(12)13-3-14-11(7)16/h3-6,8-9,17-18H,2H2,1H3,(H2,12,13,14). The quantitative estimate of drug-likeness (QED) is 0.643. The molecule has 19 heavy (non-hydrogen) atoms. The van der Waals surface area contributed by atoms with Crippen molar-refractivity contribution in [2.24, 2.45) is 0 Å². The lowest BCUT2D eigenvalue weighted by atomic mass is 10.2. The Balaban J connectivity index is 2.04. The lowest BCUT2D eigenvalue weighted by Crippen LogP contribution is -2.32. The highest BCUT2D eigenvalue weighted by Crippen LogP contribution is 2.34. The lowest BCUT2D eigenvalue weighted by Gasteiger charge is -2.17. The van der Waals surface area contributed by atoms with Crippen molar-refractivity contribution in [2.45, 2.75) is 30.8 Å². The van der Waals surface area contributed by atoms with E-state index in [1.807, 2.05) is 0 Å². The SMILES string of the molecule is COC1CC(n2cnc3c(N)ncnc32)C(O)C1O. The average Bonchev–Trinajstić information content (AvgIpc) is 2.94. The van der Waals surface area contributed by atoms with Crippen molar-refractivity contribution < 1.29 is 14.9 Å². The van der Waals surface area contributed by atoms with Crippen LogP contribution in [0.5, 0.6) is 0 Å². The van der Waals surface area contributed by atoms with Crippen LogP contribution < -0.4 is 5.73 Å². The van der Waals surface area contributed by atoms with Crippen LogP contribution in [0.1, 0.15) is 12.5 Å². The highest BCUT2D eigenvalue weighted by Gasteiger charge is 2.43. The number of methoxy groups -OCH3 is 1. The van der Waals surface area contributed by atoms with Gasteiger partial charge in [-0.3, -0.25) is 0 Å². The van der Waals surface area contributed by atoms with E-state index in [1.165, 1.54) is 13.4 Å². The summed E-state index contributed by atoms with van der Waals surface area (Å²) < 4.78 is 6.87. The highest BCUT2D eigenvalue weighted by atomic mass is 16.5. The van der Waals surface area contributed by atoms with E-state index in [0.717, 1.165) is 0 Å². The van der Waals surface area contributed by atoms with Gasteiger partial charge in [0.2, 0.25) is 0 Å². The Morgan fingerprint density at radius 1 is 1.32 bits per heavy atom. The van der Waals surface area contributed by atoms with Gasteiger partial charge in [0.25, 0.3) is 0 Å². The maximum atomic E-state index is 10.1. The zero-order valence-electron chi connectivity index (χ0n) is 10.3. The molecule has 0 aromatic carbocycles. The highest BCUT2D eigenvalue weighted by molar-refractivity contribution is 5.81. The van der Waals surface area contributed by atoms with Crippen molar-refractivity contribution in [3.63, 3.8) is 0 Å². The predicted molar refractivity (Wildman–Crippen MR) is 66.2 cm³/mol. The lowest BCUT2D eigenvalue weighted by molar-refractivity contribution is -0.0404. The number of aliphatic hydroxyl groups excluding tert-OH is 2. The predicted octanol–water partition coefficient (Wildman–Crippen LogP) is -0.910. The molecule has 4 unspecified atom stereocenters. The van der Waals surface area contributed by atoms with Crippen LogP contribution in [-0.2, 0) is 4.74 Å². The zero-order chi connectivity index (χ0) is 13.6. The molecular weight excluding hydrogens is 250 g/mol. The summed E-state index contributed by atoms with van der Waals surface area (Å²) in [6.45, 7) is 0. The smallest absolute Gasteiger partial charge is 0.165 e. The number of hydrogen-bond acceptors (Lipinski definition) is 7. The molecule has 0 radical (unpaired) electrons. The number of aromatic nitrogens is 4. The first kappa shape index (κ1) is 12.3. The number of imidazole rings is 1.